The minimum Gasteiger partial charge on any atom is -0.447 e. The van der Waals surface area contributed by atoms with Gasteiger partial charge >= 0.3 is 19.5 Å². The van der Waals surface area contributed by atoms with Gasteiger partial charge in [0.05, 0.1) is 19.3 Å². The molecule has 0 unspecified atom stereocenters. The van der Waals surface area contributed by atoms with Crippen molar-refractivity contribution in [1.29, 1.82) is 0 Å². The molecule has 1 aliphatic rings. The van der Waals surface area contributed by atoms with Crippen molar-refractivity contribution in [3.63, 3.8) is 0 Å². The summed E-state index contributed by atoms with van der Waals surface area (Å²) in [6, 6.07) is 10.2. The van der Waals surface area contributed by atoms with Crippen LogP contribution >= 0.6 is 31.1 Å². The molecule has 1 fully saturated rings. The topological polar surface area (TPSA) is 187 Å². The van der Waals surface area contributed by atoms with Crippen molar-refractivity contribution < 1.29 is 37.8 Å². The van der Waals surface area contributed by atoms with Gasteiger partial charge in [0, 0.05) is 36.5 Å². The number of amides is 1. The predicted octanol–water partition coefficient (Wildman–Crippen LogP) is 3.53. The highest BCUT2D eigenvalue weighted by molar-refractivity contribution is 8.13. The number of aromatic amines is 1. The normalized spacial score (nSPS) is 22.8. The summed E-state index contributed by atoms with van der Waals surface area (Å²) >= 11 is 7.59. The summed E-state index contributed by atoms with van der Waals surface area (Å²) < 4.78 is 37.1. The van der Waals surface area contributed by atoms with Crippen LogP contribution in [0.25, 0.3) is 0 Å². The molecule has 0 saturated carbocycles. The van der Waals surface area contributed by atoms with E-state index in [1.807, 2.05) is 30.3 Å². The van der Waals surface area contributed by atoms with Crippen LogP contribution in [0.3, 0.4) is 0 Å². The van der Waals surface area contributed by atoms with Crippen LogP contribution in [0, 0.1) is 5.41 Å². The third-order valence-electron chi connectivity index (χ3n) is 7.04. The van der Waals surface area contributed by atoms with E-state index in [0.717, 1.165) is 28.0 Å². The number of hydrogen-bond acceptors (Lipinski definition) is 11. The SMILES string of the molecule is CC(C)OC(=O)NCCC(C)(C)C(=O)SCCO[P@](=O)(NCc1ccccc1)OC[C@H]1O[C@@H](n2ccc(=O)[nH]c2=O)[C@](C)(Cl)[C@@H]1O. The van der Waals surface area contributed by atoms with Crippen molar-refractivity contribution in [3.8, 4) is 0 Å². The number of benzene rings is 1. The number of halogens is 1. The van der Waals surface area contributed by atoms with Gasteiger partial charge in [0.1, 0.15) is 17.1 Å². The van der Waals surface area contributed by atoms with E-state index in [4.69, 9.17) is 30.1 Å². The third kappa shape index (κ3) is 10.8. The second kappa shape index (κ2) is 16.6. The highest BCUT2D eigenvalue weighted by Gasteiger charge is 2.54. The second-order valence-electron chi connectivity index (χ2n) is 11.7. The first-order chi connectivity index (χ1) is 21.5. The molecule has 3 rings (SSSR count). The molecule has 1 saturated heterocycles. The number of alkyl carbamates (subject to hydrolysis) is 1. The number of H-pyrrole nitrogens is 1. The molecule has 1 aliphatic heterocycles. The number of nitrogens with zero attached hydrogens (tertiary/aromatic N) is 1. The zero-order valence-electron chi connectivity index (χ0n) is 26.4. The predicted molar refractivity (Wildman–Crippen MR) is 174 cm³/mol. The molecule has 0 spiro atoms. The molecule has 1 aromatic carbocycles. The van der Waals surface area contributed by atoms with E-state index in [1.54, 1.807) is 27.7 Å². The molecule has 17 heteroatoms. The first-order valence-electron chi connectivity index (χ1n) is 14.7. The molecule has 2 aromatic rings. The molecule has 4 N–H and O–H groups in total. The van der Waals surface area contributed by atoms with Gasteiger partial charge in [0.15, 0.2) is 11.3 Å². The van der Waals surface area contributed by atoms with Gasteiger partial charge in [-0.05, 0) is 32.8 Å². The molecule has 256 valence electrons. The summed E-state index contributed by atoms with van der Waals surface area (Å²) in [7, 11) is -4.04. The highest BCUT2D eigenvalue weighted by Crippen LogP contribution is 2.47. The zero-order valence-corrected chi connectivity index (χ0v) is 28.9. The van der Waals surface area contributed by atoms with Gasteiger partial charge in [-0.25, -0.2) is 19.2 Å². The fraction of sp³-hybridized carbons (Fsp3) is 0.586. The fourth-order valence-corrected chi connectivity index (χ4v) is 6.94. The maximum atomic E-state index is 13.8. The zero-order chi connectivity index (χ0) is 34.1. The van der Waals surface area contributed by atoms with Crippen molar-refractivity contribution in [3.05, 3.63) is 69.0 Å². The van der Waals surface area contributed by atoms with E-state index in [-0.39, 0.29) is 36.7 Å². The van der Waals surface area contributed by atoms with E-state index in [9.17, 15) is 28.8 Å². The van der Waals surface area contributed by atoms with Crippen LogP contribution < -0.4 is 21.7 Å². The van der Waals surface area contributed by atoms with E-state index in [0.29, 0.717) is 6.42 Å². The Kier molecular flexibility index (Phi) is 13.7. The first kappa shape index (κ1) is 38.0. The number of aromatic nitrogens is 2. The van der Waals surface area contributed by atoms with Crippen LogP contribution in [0.15, 0.2) is 52.2 Å². The maximum Gasteiger partial charge on any atom is 0.407 e. The first-order valence-corrected chi connectivity index (χ1v) is 17.6. The molecular weight excluding hydrogens is 663 g/mol. The van der Waals surface area contributed by atoms with Crippen LogP contribution in [0.5, 0.6) is 0 Å². The molecule has 0 bridgehead atoms. The minimum absolute atomic E-state index is 0.124. The Morgan fingerprint density at radius 2 is 1.91 bits per heavy atom. The Hall–Kier alpha value is -2.49. The van der Waals surface area contributed by atoms with Gasteiger partial charge in [0.2, 0.25) is 0 Å². The summed E-state index contributed by atoms with van der Waals surface area (Å²) in [4.78, 5) is 49.1. The summed E-state index contributed by atoms with van der Waals surface area (Å²) in [5, 5.41) is 16.2. The standard InChI is InChI=1S/C29H42ClN4O10PS/c1-19(2)43-27(39)31-13-12-28(3,4)25(37)46-16-15-41-45(40,32-17-20-9-7-6-8-10-20)42-18-21-23(36)29(5,30)24(44-21)34-14-11-22(35)33-26(34)38/h6-11,14,19,21,23-24,36H,12-13,15-18H2,1-5H3,(H,31,39)(H,32,40)(H,33,35,38)/t21-,23-,24-,29-,45-/m1/s1. The molecule has 14 nitrogen and oxygen atoms in total. The lowest BCUT2D eigenvalue weighted by atomic mass is 9.91. The Balaban J connectivity index is 1.60. The molecule has 46 heavy (non-hydrogen) atoms. The third-order valence-corrected chi connectivity index (χ3v) is 10.2. The Bertz CT molecular complexity index is 1490. The lowest BCUT2D eigenvalue weighted by Crippen LogP contribution is -2.43. The summed E-state index contributed by atoms with van der Waals surface area (Å²) in [6.45, 7) is 8.30. The molecule has 2 heterocycles. The number of aliphatic hydroxyl groups is 1. The molecule has 1 amide bonds. The Morgan fingerprint density at radius 1 is 1.22 bits per heavy atom. The number of rotatable bonds is 16. The van der Waals surface area contributed by atoms with E-state index in [1.165, 1.54) is 13.1 Å². The average molecular weight is 705 g/mol. The number of carbonyl (C=O) groups is 2. The number of thioether (sulfide) groups is 1. The van der Waals surface area contributed by atoms with Gasteiger partial charge in [-0.15, -0.1) is 11.6 Å². The fourth-order valence-electron chi connectivity index (χ4n) is 4.37. The van der Waals surface area contributed by atoms with Gasteiger partial charge in [-0.1, -0.05) is 55.9 Å². The molecular formula is C29H42ClN4O10PS. The Morgan fingerprint density at radius 3 is 2.57 bits per heavy atom. The number of carbonyl (C=O) groups excluding carboxylic acids is 2. The quantitative estimate of drug-likeness (QED) is 0.113. The molecule has 0 radical (unpaired) electrons. The lowest BCUT2D eigenvalue weighted by molar-refractivity contribution is -0.118. The highest BCUT2D eigenvalue weighted by atomic mass is 35.5. The molecule has 5 atom stereocenters. The smallest absolute Gasteiger partial charge is 0.407 e. The largest absolute Gasteiger partial charge is 0.447 e. The van der Waals surface area contributed by atoms with Crippen LogP contribution in [0.4, 0.5) is 4.79 Å². The van der Waals surface area contributed by atoms with Gasteiger partial charge in [-0.3, -0.25) is 28.2 Å². The maximum absolute atomic E-state index is 13.8. The number of hydrogen-bond donors (Lipinski definition) is 4. The summed E-state index contributed by atoms with van der Waals surface area (Å²) in [5.74, 6) is 0.158. The number of aliphatic hydroxyl groups excluding tert-OH is 1. The van der Waals surface area contributed by atoms with Crippen LogP contribution in [0.1, 0.15) is 52.8 Å². The van der Waals surface area contributed by atoms with Crippen molar-refractivity contribution in [2.24, 2.45) is 5.41 Å². The number of nitrogens with one attached hydrogen (secondary N) is 3. The average Bonchev–Trinajstić information content (AvgIpc) is 3.20. The van der Waals surface area contributed by atoms with Crippen molar-refractivity contribution in [2.45, 2.75) is 77.0 Å². The number of ether oxygens (including phenoxy) is 2. The molecule has 0 aliphatic carbocycles. The number of alkyl halides is 1. The van der Waals surface area contributed by atoms with Crippen LogP contribution in [0.2, 0.25) is 0 Å². The van der Waals surface area contributed by atoms with Crippen molar-refractivity contribution >= 4 is 42.3 Å². The van der Waals surface area contributed by atoms with Crippen molar-refractivity contribution in [2.75, 3.05) is 25.5 Å². The lowest BCUT2D eigenvalue weighted by Gasteiger charge is -2.26. The monoisotopic (exact) mass is 704 g/mol. The van der Waals surface area contributed by atoms with Gasteiger partial charge in [-0.2, -0.15) is 0 Å². The van der Waals surface area contributed by atoms with E-state index in [2.05, 4.69) is 15.4 Å². The minimum atomic E-state index is -4.04. The van der Waals surface area contributed by atoms with Gasteiger partial charge < -0.3 is 19.9 Å². The van der Waals surface area contributed by atoms with E-state index < -0.39 is 60.4 Å². The summed E-state index contributed by atoms with van der Waals surface area (Å²) in [5.41, 5.74) is -1.36. The van der Waals surface area contributed by atoms with Crippen LogP contribution in [-0.2, 0) is 34.4 Å². The van der Waals surface area contributed by atoms with Crippen LogP contribution in [-0.4, -0.2) is 74.6 Å². The van der Waals surface area contributed by atoms with Crippen molar-refractivity contribution in [1.82, 2.24) is 20.0 Å². The second-order valence-corrected chi connectivity index (χ2v) is 15.4. The Labute approximate surface area is 276 Å². The molecule has 1 aromatic heterocycles. The summed E-state index contributed by atoms with van der Waals surface area (Å²) in [6.07, 6.45) is -2.89. The van der Waals surface area contributed by atoms with Gasteiger partial charge in [0.25, 0.3) is 5.56 Å². The van der Waals surface area contributed by atoms with E-state index >= 15 is 0 Å².